The average Bonchev–Trinajstić information content (AvgIpc) is 2.43. The lowest BCUT2D eigenvalue weighted by Gasteiger charge is -2.15. The van der Waals surface area contributed by atoms with Gasteiger partial charge in [0, 0.05) is 22.0 Å². The predicted molar refractivity (Wildman–Crippen MR) is 88.7 cm³/mol. The van der Waals surface area contributed by atoms with E-state index in [4.69, 9.17) is 11.6 Å². The fourth-order valence-electron chi connectivity index (χ4n) is 2.56. The lowest BCUT2D eigenvalue weighted by Crippen LogP contribution is -2.19. The molecule has 0 saturated carbocycles. The zero-order valence-corrected chi connectivity index (χ0v) is 13.8. The van der Waals surface area contributed by atoms with E-state index in [0.717, 1.165) is 35.7 Å². The second kappa shape index (κ2) is 7.01. The van der Waals surface area contributed by atoms with Crippen LogP contribution in [0.5, 0.6) is 0 Å². The first kappa shape index (κ1) is 15.9. The molecule has 0 aliphatic heterocycles. The predicted octanol–water partition coefficient (Wildman–Crippen LogP) is 3.81. The Bertz CT molecular complexity index is 602. The van der Waals surface area contributed by atoms with Gasteiger partial charge in [0.25, 0.3) is 0 Å². The Morgan fingerprint density at radius 3 is 2.43 bits per heavy atom. The summed E-state index contributed by atoms with van der Waals surface area (Å²) in [5.41, 5.74) is 4.33. The molecule has 1 aromatic carbocycles. The maximum absolute atomic E-state index is 6.05. The highest BCUT2D eigenvalue weighted by Gasteiger charge is 2.13. The Hall–Kier alpha value is -1.45. The van der Waals surface area contributed by atoms with E-state index in [1.807, 2.05) is 31.3 Å². The summed E-state index contributed by atoms with van der Waals surface area (Å²) < 4.78 is 0. The standard InChI is InChI=1S/C17H22ClN3/c1-11(10-19-4)8-16-12(2)20-17(21-13(16)3)14-6-5-7-15(18)9-14/h5-7,9,11,19H,8,10H2,1-4H3. The monoisotopic (exact) mass is 303 g/mol. The fourth-order valence-corrected chi connectivity index (χ4v) is 2.75. The summed E-state index contributed by atoms with van der Waals surface area (Å²) in [4.78, 5) is 9.34. The zero-order chi connectivity index (χ0) is 15.4. The number of hydrogen-bond donors (Lipinski definition) is 1. The van der Waals surface area contributed by atoms with Gasteiger partial charge in [-0.25, -0.2) is 9.97 Å². The quantitative estimate of drug-likeness (QED) is 0.912. The van der Waals surface area contributed by atoms with Crippen LogP contribution in [-0.2, 0) is 6.42 Å². The molecule has 0 aliphatic carbocycles. The molecule has 112 valence electrons. The molecule has 1 heterocycles. The molecule has 0 saturated heterocycles. The highest BCUT2D eigenvalue weighted by atomic mass is 35.5. The molecule has 0 fully saturated rings. The van der Waals surface area contributed by atoms with Crippen LogP contribution < -0.4 is 5.32 Å². The van der Waals surface area contributed by atoms with Crippen LogP contribution in [-0.4, -0.2) is 23.6 Å². The van der Waals surface area contributed by atoms with Gasteiger partial charge in [-0.05, 0) is 57.5 Å². The lowest BCUT2D eigenvalue weighted by atomic mass is 9.98. The normalized spacial score (nSPS) is 12.4. The van der Waals surface area contributed by atoms with Crippen molar-refractivity contribution in [2.75, 3.05) is 13.6 Å². The van der Waals surface area contributed by atoms with Crippen molar-refractivity contribution in [2.24, 2.45) is 5.92 Å². The van der Waals surface area contributed by atoms with Crippen LogP contribution in [0.15, 0.2) is 24.3 Å². The van der Waals surface area contributed by atoms with Crippen molar-refractivity contribution < 1.29 is 0 Å². The highest BCUT2D eigenvalue weighted by molar-refractivity contribution is 6.30. The van der Waals surface area contributed by atoms with Gasteiger partial charge >= 0.3 is 0 Å². The molecule has 0 amide bonds. The first-order valence-corrected chi connectivity index (χ1v) is 7.63. The van der Waals surface area contributed by atoms with Gasteiger partial charge in [0.1, 0.15) is 0 Å². The summed E-state index contributed by atoms with van der Waals surface area (Å²) in [5, 5.41) is 3.92. The summed E-state index contributed by atoms with van der Waals surface area (Å²) in [6, 6.07) is 7.68. The van der Waals surface area contributed by atoms with Crippen molar-refractivity contribution in [1.29, 1.82) is 0 Å². The summed E-state index contributed by atoms with van der Waals surface area (Å²) in [6.07, 6.45) is 0.994. The Balaban J connectivity index is 2.33. The number of rotatable bonds is 5. The van der Waals surface area contributed by atoms with Gasteiger partial charge in [-0.15, -0.1) is 0 Å². The van der Waals surface area contributed by atoms with E-state index in [2.05, 4.69) is 36.1 Å². The third kappa shape index (κ3) is 4.02. The number of aromatic nitrogens is 2. The third-order valence-corrected chi connectivity index (χ3v) is 3.84. The molecule has 2 aromatic rings. The summed E-state index contributed by atoms with van der Waals surface area (Å²) in [5.74, 6) is 1.31. The van der Waals surface area contributed by atoms with Crippen molar-refractivity contribution in [3.8, 4) is 11.4 Å². The smallest absolute Gasteiger partial charge is 0.159 e. The maximum Gasteiger partial charge on any atom is 0.159 e. The number of aryl methyl sites for hydroxylation is 2. The summed E-state index contributed by atoms with van der Waals surface area (Å²) in [6.45, 7) is 7.35. The SMILES string of the molecule is CNCC(C)Cc1c(C)nc(-c2cccc(Cl)c2)nc1C. The van der Waals surface area contributed by atoms with Crippen LogP contribution in [0.3, 0.4) is 0 Å². The third-order valence-electron chi connectivity index (χ3n) is 3.61. The van der Waals surface area contributed by atoms with E-state index < -0.39 is 0 Å². The molecule has 1 unspecified atom stereocenters. The van der Waals surface area contributed by atoms with Crippen molar-refractivity contribution in [3.63, 3.8) is 0 Å². The van der Waals surface area contributed by atoms with Gasteiger partial charge in [-0.1, -0.05) is 30.7 Å². The van der Waals surface area contributed by atoms with Crippen LogP contribution in [0.25, 0.3) is 11.4 Å². The minimum atomic E-state index is 0.563. The van der Waals surface area contributed by atoms with E-state index in [1.165, 1.54) is 5.56 Å². The van der Waals surface area contributed by atoms with Gasteiger partial charge < -0.3 is 5.32 Å². The Morgan fingerprint density at radius 1 is 1.19 bits per heavy atom. The van der Waals surface area contributed by atoms with Crippen molar-refractivity contribution in [1.82, 2.24) is 15.3 Å². The lowest BCUT2D eigenvalue weighted by molar-refractivity contribution is 0.537. The fraction of sp³-hybridized carbons (Fsp3) is 0.412. The van der Waals surface area contributed by atoms with E-state index in [1.54, 1.807) is 0 Å². The molecule has 1 aromatic heterocycles. The minimum absolute atomic E-state index is 0.563. The maximum atomic E-state index is 6.05. The largest absolute Gasteiger partial charge is 0.319 e. The molecule has 0 spiro atoms. The van der Waals surface area contributed by atoms with Gasteiger partial charge in [-0.2, -0.15) is 0 Å². The molecule has 1 N–H and O–H groups in total. The van der Waals surface area contributed by atoms with E-state index in [-0.39, 0.29) is 0 Å². The Labute approximate surface area is 131 Å². The van der Waals surface area contributed by atoms with Crippen LogP contribution in [0.1, 0.15) is 23.9 Å². The Morgan fingerprint density at radius 2 is 1.86 bits per heavy atom. The first-order valence-electron chi connectivity index (χ1n) is 7.26. The number of nitrogens with one attached hydrogen (secondary N) is 1. The van der Waals surface area contributed by atoms with Gasteiger partial charge in [0.2, 0.25) is 0 Å². The molecule has 3 nitrogen and oxygen atoms in total. The van der Waals surface area contributed by atoms with E-state index in [9.17, 15) is 0 Å². The van der Waals surface area contributed by atoms with Crippen molar-refractivity contribution in [3.05, 3.63) is 46.2 Å². The van der Waals surface area contributed by atoms with Crippen molar-refractivity contribution >= 4 is 11.6 Å². The first-order chi connectivity index (χ1) is 10.0. The molecule has 0 radical (unpaired) electrons. The molecule has 4 heteroatoms. The number of hydrogen-bond acceptors (Lipinski definition) is 3. The summed E-state index contributed by atoms with van der Waals surface area (Å²) >= 11 is 6.05. The van der Waals surface area contributed by atoms with Crippen molar-refractivity contribution in [2.45, 2.75) is 27.2 Å². The highest BCUT2D eigenvalue weighted by Crippen LogP contribution is 2.23. The van der Waals surface area contributed by atoms with Gasteiger partial charge in [-0.3, -0.25) is 0 Å². The molecular weight excluding hydrogens is 282 g/mol. The van der Waals surface area contributed by atoms with E-state index in [0.29, 0.717) is 10.9 Å². The molecule has 21 heavy (non-hydrogen) atoms. The molecular formula is C17H22ClN3. The second-order valence-corrected chi connectivity index (χ2v) is 6.01. The average molecular weight is 304 g/mol. The van der Waals surface area contributed by atoms with Gasteiger partial charge in [0.15, 0.2) is 5.82 Å². The topological polar surface area (TPSA) is 37.8 Å². The van der Waals surface area contributed by atoms with Crippen LogP contribution in [0.4, 0.5) is 0 Å². The van der Waals surface area contributed by atoms with Crippen LogP contribution in [0, 0.1) is 19.8 Å². The number of nitrogens with zero attached hydrogens (tertiary/aromatic N) is 2. The minimum Gasteiger partial charge on any atom is -0.319 e. The number of benzene rings is 1. The second-order valence-electron chi connectivity index (χ2n) is 5.57. The molecule has 1 atom stereocenters. The van der Waals surface area contributed by atoms with Gasteiger partial charge in [0.05, 0.1) is 0 Å². The molecule has 0 bridgehead atoms. The van der Waals surface area contributed by atoms with Crippen LogP contribution >= 0.6 is 11.6 Å². The van der Waals surface area contributed by atoms with Crippen LogP contribution in [0.2, 0.25) is 5.02 Å². The number of halogens is 1. The molecule has 0 aliphatic rings. The Kier molecular flexibility index (Phi) is 5.32. The summed E-state index contributed by atoms with van der Waals surface area (Å²) in [7, 11) is 1.98. The van der Waals surface area contributed by atoms with E-state index >= 15 is 0 Å². The zero-order valence-electron chi connectivity index (χ0n) is 13.1. The molecule has 2 rings (SSSR count).